The Hall–Kier alpha value is -2.24. The van der Waals surface area contributed by atoms with Crippen molar-refractivity contribution in [3.63, 3.8) is 0 Å². The summed E-state index contributed by atoms with van der Waals surface area (Å²) in [5.74, 6) is 1.88. The lowest BCUT2D eigenvalue weighted by Crippen LogP contribution is -2.50. The van der Waals surface area contributed by atoms with Gasteiger partial charge in [0.1, 0.15) is 0 Å². The largest absolute Gasteiger partial charge is 0.368 e. The van der Waals surface area contributed by atoms with Crippen molar-refractivity contribution in [1.29, 1.82) is 0 Å². The SMILES string of the molecule is CN=C(NCCC(=O)N1CCN(c2ccccc2)CC1)N1CCCC(C)C1. The summed E-state index contributed by atoms with van der Waals surface area (Å²) in [6.07, 6.45) is 3.03. The third kappa shape index (κ3) is 5.37. The van der Waals surface area contributed by atoms with Gasteiger partial charge in [0.05, 0.1) is 0 Å². The molecule has 1 amide bonds. The van der Waals surface area contributed by atoms with Crippen molar-refractivity contribution in [3.05, 3.63) is 30.3 Å². The van der Waals surface area contributed by atoms with E-state index in [1.54, 1.807) is 0 Å². The molecule has 1 N–H and O–H groups in total. The van der Waals surface area contributed by atoms with Gasteiger partial charge in [-0.15, -0.1) is 0 Å². The van der Waals surface area contributed by atoms with Crippen LogP contribution < -0.4 is 10.2 Å². The van der Waals surface area contributed by atoms with Crippen molar-refractivity contribution in [2.45, 2.75) is 26.2 Å². The Balaban J connectivity index is 1.39. The fourth-order valence-electron chi connectivity index (χ4n) is 4.01. The molecule has 148 valence electrons. The summed E-state index contributed by atoms with van der Waals surface area (Å²) in [7, 11) is 1.83. The second kappa shape index (κ2) is 9.62. The van der Waals surface area contributed by atoms with Gasteiger partial charge in [0, 0.05) is 65.0 Å². The third-order valence-electron chi connectivity index (χ3n) is 5.54. The van der Waals surface area contributed by atoms with Crippen LogP contribution in [0.2, 0.25) is 0 Å². The number of hydrogen-bond acceptors (Lipinski definition) is 3. The number of piperidine rings is 1. The quantitative estimate of drug-likeness (QED) is 0.650. The van der Waals surface area contributed by atoms with Crippen LogP contribution in [0.25, 0.3) is 0 Å². The van der Waals surface area contributed by atoms with Crippen LogP contribution in [0.15, 0.2) is 35.3 Å². The monoisotopic (exact) mass is 371 g/mol. The number of carbonyl (C=O) groups excluding carboxylic acids is 1. The first-order chi connectivity index (χ1) is 13.2. The van der Waals surface area contributed by atoms with Crippen LogP contribution in [0.3, 0.4) is 0 Å². The van der Waals surface area contributed by atoms with Crippen molar-refractivity contribution >= 4 is 17.6 Å². The average Bonchev–Trinajstić information content (AvgIpc) is 2.72. The van der Waals surface area contributed by atoms with E-state index in [0.717, 1.165) is 45.2 Å². The zero-order chi connectivity index (χ0) is 19.1. The van der Waals surface area contributed by atoms with Crippen molar-refractivity contribution in [2.24, 2.45) is 10.9 Å². The standard InChI is InChI=1S/C21H33N5O/c1-18-7-6-12-26(17-18)21(22-2)23-11-10-20(27)25-15-13-24(14-16-25)19-8-4-3-5-9-19/h3-5,8-9,18H,6-7,10-17H2,1-2H3,(H,22,23). The normalized spacial score (nSPS) is 21.3. The highest BCUT2D eigenvalue weighted by atomic mass is 16.2. The van der Waals surface area contributed by atoms with E-state index in [2.05, 4.69) is 51.3 Å². The maximum absolute atomic E-state index is 12.6. The molecule has 6 nitrogen and oxygen atoms in total. The summed E-state index contributed by atoms with van der Waals surface area (Å²) in [6, 6.07) is 10.4. The van der Waals surface area contributed by atoms with Crippen molar-refractivity contribution in [2.75, 3.05) is 57.8 Å². The number of guanidine groups is 1. The number of piperazine rings is 1. The Labute approximate surface area is 163 Å². The van der Waals surface area contributed by atoms with Crippen LogP contribution in [-0.2, 0) is 4.79 Å². The second-order valence-corrected chi connectivity index (χ2v) is 7.62. The van der Waals surface area contributed by atoms with Crippen LogP contribution in [0.1, 0.15) is 26.2 Å². The molecule has 2 aliphatic heterocycles. The summed E-state index contributed by atoms with van der Waals surface area (Å²) < 4.78 is 0. The maximum Gasteiger partial charge on any atom is 0.224 e. The van der Waals surface area contributed by atoms with Gasteiger partial charge in [-0.05, 0) is 30.9 Å². The van der Waals surface area contributed by atoms with Gasteiger partial charge in [0.15, 0.2) is 5.96 Å². The summed E-state index contributed by atoms with van der Waals surface area (Å²) >= 11 is 0. The lowest BCUT2D eigenvalue weighted by Gasteiger charge is -2.36. The van der Waals surface area contributed by atoms with Gasteiger partial charge >= 0.3 is 0 Å². The maximum atomic E-state index is 12.6. The minimum Gasteiger partial charge on any atom is -0.368 e. The number of aliphatic imine (C=N–C) groups is 1. The van der Waals surface area contributed by atoms with Gasteiger partial charge in [-0.25, -0.2) is 0 Å². The second-order valence-electron chi connectivity index (χ2n) is 7.62. The molecule has 0 bridgehead atoms. The summed E-state index contributed by atoms with van der Waals surface area (Å²) in [5.41, 5.74) is 1.24. The van der Waals surface area contributed by atoms with Crippen LogP contribution in [0, 0.1) is 5.92 Å². The molecule has 0 radical (unpaired) electrons. The van der Waals surface area contributed by atoms with Crippen molar-refractivity contribution in [3.8, 4) is 0 Å². The molecule has 6 heteroatoms. The third-order valence-corrected chi connectivity index (χ3v) is 5.54. The summed E-state index contributed by atoms with van der Waals surface area (Å²) in [5, 5.41) is 3.38. The molecule has 1 aromatic rings. The smallest absolute Gasteiger partial charge is 0.224 e. The van der Waals surface area contributed by atoms with E-state index in [4.69, 9.17) is 0 Å². The predicted octanol–water partition coefficient (Wildman–Crippen LogP) is 2.03. The van der Waals surface area contributed by atoms with E-state index in [1.165, 1.54) is 18.5 Å². The highest BCUT2D eigenvalue weighted by Gasteiger charge is 2.22. The van der Waals surface area contributed by atoms with Gasteiger partial charge in [-0.3, -0.25) is 9.79 Å². The molecule has 27 heavy (non-hydrogen) atoms. The Bertz CT molecular complexity index is 625. The Morgan fingerprint density at radius 3 is 2.52 bits per heavy atom. The first-order valence-corrected chi connectivity index (χ1v) is 10.2. The molecule has 2 heterocycles. The number of hydrogen-bond donors (Lipinski definition) is 1. The summed E-state index contributed by atoms with van der Waals surface area (Å²) in [4.78, 5) is 23.6. The van der Waals surface area contributed by atoms with Crippen LogP contribution in [-0.4, -0.2) is 74.5 Å². The molecule has 2 saturated heterocycles. The van der Waals surface area contributed by atoms with E-state index in [-0.39, 0.29) is 5.91 Å². The van der Waals surface area contributed by atoms with E-state index >= 15 is 0 Å². The van der Waals surface area contributed by atoms with Crippen molar-refractivity contribution in [1.82, 2.24) is 15.1 Å². The molecular formula is C21H33N5O. The van der Waals surface area contributed by atoms with Crippen LogP contribution >= 0.6 is 0 Å². The minimum atomic E-state index is 0.234. The Morgan fingerprint density at radius 1 is 1.11 bits per heavy atom. The molecule has 0 saturated carbocycles. The van der Waals surface area contributed by atoms with Gasteiger partial charge in [0.2, 0.25) is 5.91 Å². The number of rotatable bonds is 4. The molecule has 0 spiro atoms. The zero-order valence-corrected chi connectivity index (χ0v) is 16.7. The van der Waals surface area contributed by atoms with Gasteiger partial charge < -0.3 is 20.0 Å². The Kier molecular flexibility index (Phi) is 6.96. The number of amides is 1. The van der Waals surface area contributed by atoms with E-state index < -0.39 is 0 Å². The number of nitrogens with one attached hydrogen (secondary N) is 1. The zero-order valence-electron chi connectivity index (χ0n) is 16.7. The molecule has 2 aliphatic rings. The number of anilines is 1. The van der Waals surface area contributed by atoms with E-state index in [9.17, 15) is 4.79 Å². The molecule has 3 rings (SSSR count). The highest BCUT2D eigenvalue weighted by molar-refractivity contribution is 5.81. The van der Waals surface area contributed by atoms with E-state index in [0.29, 0.717) is 18.9 Å². The molecule has 1 unspecified atom stereocenters. The lowest BCUT2D eigenvalue weighted by molar-refractivity contribution is -0.131. The fourth-order valence-corrected chi connectivity index (χ4v) is 4.01. The van der Waals surface area contributed by atoms with Crippen LogP contribution in [0.4, 0.5) is 5.69 Å². The number of carbonyl (C=O) groups is 1. The average molecular weight is 372 g/mol. The van der Waals surface area contributed by atoms with Gasteiger partial charge in [-0.2, -0.15) is 0 Å². The lowest BCUT2D eigenvalue weighted by atomic mass is 10.0. The molecule has 0 aliphatic carbocycles. The molecule has 0 aromatic heterocycles. The number of nitrogens with zero attached hydrogens (tertiary/aromatic N) is 4. The minimum absolute atomic E-state index is 0.234. The number of benzene rings is 1. The van der Waals surface area contributed by atoms with Gasteiger partial charge in [0.25, 0.3) is 0 Å². The van der Waals surface area contributed by atoms with Gasteiger partial charge in [-0.1, -0.05) is 25.1 Å². The molecule has 1 aromatic carbocycles. The predicted molar refractivity (Wildman–Crippen MR) is 111 cm³/mol. The first-order valence-electron chi connectivity index (χ1n) is 10.2. The fraction of sp³-hybridized carbons (Fsp3) is 0.619. The van der Waals surface area contributed by atoms with Crippen LogP contribution in [0.5, 0.6) is 0 Å². The number of para-hydroxylation sites is 1. The number of likely N-dealkylation sites (tertiary alicyclic amines) is 1. The summed E-state index contributed by atoms with van der Waals surface area (Å²) in [6.45, 7) is 8.44. The highest BCUT2D eigenvalue weighted by Crippen LogP contribution is 2.16. The topological polar surface area (TPSA) is 51.2 Å². The molecule has 1 atom stereocenters. The Morgan fingerprint density at radius 2 is 1.85 bits per heavy atom. The first kappa shape index (κ1) is 19.5. The van der Waals surface area contributed by atoms with Crippen molar-refractivity contribution < 1.29 is 4.79 Å². The molecular weight excluding hydrogens is 338 g/mol. The molecule has 2 fully saturated rings. The van der Waals surface area contributed by atoms with E-state index in [1.807, 2.05) is 18.0 Å².